The number of nitrogens with one attached hydrogen (secondary N) is 2. The molecule has 0 saturated carbocycles. The van der Waals surface area contributed by atoms with Crippen LogP contribution in [0.2, 0.25) is 0 Å². The number of anilines is 2. The smallest absolute Gasteiger partial charge is 0.270 e. The molecule has 8 nitrogen and oxygen atoms in total. The van der Waals surface area contributed by atoms with Gasteiger partial charge in [-0.25, -0.2) is 0 Å². The number of ether oxygens (including phenoxy) is 2. The molecule has 0 bridgehead atoms. The Bertz CT molecular complexity index is 860. The Labute approximate surface area is 144 Å². The maximum atomic E-state index is 12.6. The van der Waals surface area contributed by atoms with Crippen molar-refractivity contribution in [3.05, 3.63) is 29.8 Å². The van der Waals surface area contributed by atoms with Gasteiger partial charge in [-0.1, -0.05) is 19.1 Å². The second kappa shape index (κ2) is 5.80. The van der Waals surface area contributed by atoms with Crippen LogP contribution in [0.5, 0.6) is 11.5 Å². The first-order valence-corrected chi connectivity index (χ1v) is 8.09. The van der Waals surface area contributed by atoms with Crippen LogP contribution in [0.1, 0.15) is 12.5 Å². The lowest BCUT2D eigenvalue weighted by Crippen LogP contribution is -2.40. The van der Waals surface area contributed by atoms with Crippen LogP contribution in [0.4, 0.5) is 11.6 Å². The maximum absolute atomic E-state index is 12.6. The summed E-state index contributed by atoms with van der Waals surface area (Å²) in [4.78, 5) is 24.4. The quantitative estimate of drug-likeness (QED) is 0.859. The van der Waals surface area contributed by atoms with E-state index >= 15 is 0 Å². The third-order valence-electron chi connectivity index (χ3n) is 4.39. The summed E-state index contributed by atoms with van der Waals surface area (Å²) < 4.78 is 12.8. The van der Waals surface area contributed by atoms with Crippen molar-refractivity contribution in [3.63, 3.8) is 0 Å². The monoisotopic (exact) mass is 342 g/mol. The van der Waals surface area contributed by atoms with E-state index in [1.807, 2.05) is 19.1 Å². The highest BCUT2D eigenvalue weighted by Crippen LogP contribution is 2.33. The predicted octanol–water partition coefficient (Wildman–Crippen LogP) is 1.33. The molecule has 0 spiro atoms. The highest BCUT2D eigenvalue weighted by Gasteiger charge is 2.32. The zero-order valence-corrected chi connectivity index (χ0v) is 13.9. The molecule has 1 aromatic heterocycles. The van der Waals surface area contributed by atoms with Gasteiger partial charge in [-0.3, -0.25) is 14.3 Å². The van der Waals surface area contributed by atoms with Gasteiger partial charge < -0.3 is 20.1 Å². The van der Waals surface area contributed by atoms with Gasteiger partial charge in [0, 0.05) is 18.5 Å². The van der Waals surface area contributed by atoms with Crippen LogP contribution in [-0.4, -0.2) is 34.3 Å². The van der Waals surface area contributed by atoms with Crippen LogP contribution in [0, 0.1) is 5.92 Å². The second-order valence-electron chi connectivity index (χ2n) is 6.25. The van der Waals surface area contributed by atoms with Crippen molar-refractivity contribution in [1.29, 1.82) is 0 Å². The molecule has 130 valence electrons. The number of hydrogen-bond donors (Lipinski definition) is 2. The summed E-state index contributed by atoms with van der Waals surface area (Å²) in [5.74, 6) is 1.67. The molecule has 8 heteroatoms. The number of fused-ring (bicyclic) bond motifs is 2. The lowest BCUT2D eigenvalue weighted by atomic mass is 9.98. The van der Waals surface area contributed by atoms with Gasteiger partial charge in [0.15, 0.2) is 17.3 Å². The molecule has 2 amide bonds. The lowest BCUT2D eigenvalue weighted by molar-refractivity contribution is -0.125. The largest absolute Gasteiger partial charge is 0.485 e. The van der Waals surface area contributed by atoms with Gasteiger partial charge in [-0.2, -0.15) is 5.10 Å². The summed E-state index contributed by atoms with van der Waals surface area (Å²) in [6.45, 7) is 1.97. The van der Waals surface area contributed by atoms with Crippen LogP contribution in [0.15, 0.2) is 24.3 Å². The van der Waals surface area contributed by atoms with Crippen LogP contribution in [-0.2, 0) is 23.1 Å². The van der Waals surface area contributed by atoms with E-state index in [-0.39, 0.29) is 24.3 Å². The minimum atomic E-state index is -0.761. The molecule has 0 saturated heterocycles. The number of para-hydroxylation sites is 2. The molecule has 4 rings (SSSR count). The molecule has 25 heavy (non-hydrogen) atoms. The Morgan fingerprint density at radius 3 is 2.92 bits per heavy atom. The van der Waals surface area contributed by atoms with Gasteiger partial charge >= 0.3 is 0 Å². The molecule has 3 heterocycles. The summed E-state index contributed by atoms with van der Waals surface area (Å²) in [6.07, 6.45) is -0.238. The van der Waals surface area contributed by atoms with E-state index in [0.29, 0.717) is 29.6 Å². The van der Waals surface area contributed by atoms with E-state index in [9.17, 15) is 9.59 Å². The zero-order chi connectivity index (χ0) is 17.6. The van der Waals surface area contributed by atoms with E-state index in [1.165, 1.54) is 0 Å². The number of hydrogen-bond acceptors (Lipinski definition) is 5. The molecular formula is C17H18N4O4. The Balaban J connectivity index is 1.53. The van der Waals surface area contributed by atoms with Crippen LogP contribution in [0.25, 0.3) is 0 Å². The third kappa shape index (κ3) is 2.69. The van der Waals surface area contributed by atoms with Crippen molar-refractivity contribution in [3.8, 4) is 11.5 Å². The Morgan fingerprint density at radius 1 is 1.36 bits per heavy atom. The summed E-state index contributed by atoms with van der Waals surface area (Å²) >= 11 is 0. The van der Waals surface area contributed by atoms with Gasteiger partial charge in [-0.15, -0.1) is 0 Å². The molecule has 2 aromatic rings. The fourth-order valence-electron chi connectivity index (χ4n) is 3.00. The van der Waals surface area contributed by atoms with E-state index in [2.05, 4.69) is 15.7 Å². The minimum absolute atomic E-state index is 0.0472. The first-order chi connectivity index (χ1) is 12.0. The van der Waals surface area contributed by atoms with Crippen LogP contribution >= 0.6 is 0 Å². The molecule has 0 unspecified atom stereocenters. The van der Waals surface area contributed by atoms with E-state index in [1.54, 1.807) is 23.9 Å². The van der Waals surface area contributed by atoms with Gasteiger partial charge in [0.25, 0.3) is 5.91 Å². The number of rotatable bonds is 2. The van der Waals surface area contributed by atoms with Crippen molar-refractivity contribution < 1.29 is 19.1 Å². The molecule has 1 aromatic carbocycles. The van der Waals surface area contributed by atoms with E-state index in [0.717, 1.165) is 5.56 Å². The molecular weight excluding hydrogens is 324 g/mol. The summed E-state index contributed by atoms with van der Waals surface area (Å²) in [6, 6.07) is 7.22. The Morgan fingerprint density at radius 2 is 2.12 bits per heavy atom. The SMILES string of the molecule is C[C@H]1Cc2c(NC(=O)[C@@H]3COc4ccccc4O3)nn(C)c2NC1=O. The summed E-state index contributed by atoms with van der Waals surface area (Å²) in [5, 5.41) is 9.93. The van der Waals surface area contributed by atoms with E-state index < -0.39 is 6.10 Å². The number of aryl methyl sites for hydroxylation is 1. The zero-order valence-electron chi connectivity index (χ0n) is 13.9. The fourth-order valence-corrected chi connectivity index (χ4v) is 3.00. The van der Waals surface area contributed by atoms with Crippen molar-refractivity contribution >= 4 is 23.5 Å². The predicted molar refractivity (Wildman–Crippen MR) is 89.7 cm³/mol. The number of amides is 2. The standard InChI is InChI=1S/C17H18N4O4/c1-9-7-10-14(20-21(2)15(10)19-16(9)22)18-17(23)13-8-24-11-5-3-4-6-12(11)25-13/h3-6,9,13H,7-8H2,1-2H3,(H,19,22)(H,18,20,23)/t9-,13-/m0/s1. The van der Waals surface area contributed by atoms with Crippen molar-refractivity contribution in [2.24, 2.45) is 13.0 Å². The van der Waals surface area contributed by atoms with Crippen molar-refractivity contribution in [2.45, 2.75) is 19.4 Å². The maximum Gasteiger partial charge on any atom is 0.270 e. The molecule has 2 aliphatic rings. The van der Waals surface area contributed by atoms with Crippen molar-refractivity contribution in [2.75, 3.05) is 17.2 Å². The summed E-state index contributed by atoms with van der Waals surface area (Å²) in [7, 11) is 1.72. The topological polar surface area (TPSA) is 94.5 Å². The van der Waals surface area contributed by atoms with Gasteiger partial charge in [0.1, 0.15) is 12.4 Å². The van der Waals surface area contributed by atoms with Gasteiger partial charge in [0.2, 0.25) is 12.0 Å². The van der Waals surface area contributed by atoms with Crippen molar-refractivity contribution in [1.82, 2.24) is 9.78 Å². The minimum Gasteiger partial charge on any atom is -0.485 e. The second-order valence-corrected chi connectivity index (χ2v) is 6.25. The molecule has 2 atom stereocenters. The molecule has 0 fully saturated rings. The molecule has 0 aliphatic carbocycles. The Kier molecular flexibility index (Phi) is 3.60. The molecule has 0 radical (unpaired) electrons. The molecule has 2 N–H and O–H groups in total. The van der Waals surface area contributed by atoms with Crippen LogP contribution < -0.4 is 20.1 Å². The highest BCUT2D eigenvalue weighted by atomic mass is 16.6. The molecule has 2 aliphatic heterocycles. The number of carbonyl (C=O) groups excluding carboxylic acids is 2. The normalized spacial score (nSPS) is 21.3. The van der Waals surface area contributed by atoms with Gasteiger partial charge in [0.05, 0.1) is 0 Å². The third-order valence-corrected chi connectivity index (χ3v) is 4.39. The number of benzene rings is 1. The summed E-state index contributed by atoms with van der Waals surface area (Å²) in [5.41, 5.74) is 0.820. The first kappa shape index (κ1) is 15.5. The van der Waals surface area contributed by atoms with E-state index in [4.69, 9.17) is 9.47 Å². The first-order valence-electron chi connectivity index (χ1n) is 8.09. The van der Waals surface area contributed by atoms with Gasteiger partial charge in [-0.05, 0) is 18.6 Å². The number of nitrogens with zero attached hydrogens (tertiary/aromatic N) is 2. The fraction of sp³-hybridized carbons (Fsp3) is 0.353. The Hall–Kier alpha value is -3.03. The average Bonchev–Trinajstić information content (AvgIpc) is 2.90. The number of aromatic nitrogens is 2. The highest BCUT2D eigenvalue weighted by molar-refractivity contribution is 5.99. The average molecular weight is 342 g/mol. The van der Waals surface area contributed by atoms with Crippen LogP contribution in [0.3, 0.4) is 0 Å². The number of carbonyl (C=O) groups is 2. The lowest BCUT2D eigenvalue weighted by Gasteiger charge is -2.25.